The smallest absolute Gasteiger partial charge is 0.225 e. The summed E-state index contributed by atoms with van der Waals surface area (Å²) in [6.45, 7) is 6.20. The number of benzene rings is 2. The Balaban J connectivity index is 1.96. The predicted molar refractivity (Wildman–Crippen MR) is 111 cm³/mol. The van der Waals surface area contributed by atoms with Gasteiger partial charge < -0.3 is 15.7 Å². The molecule has 5 nitrogen and oxygen atoms in total. The summed E-state index contributed by atoms with van der Waals surface area (Å²) in [6.07, 6.45) is 0. The van der Waals surface area contributed by atoms with E-state index in [-0.39, 0.29) is 18.6 Å². The topological polar surface area (TPSA) is 70.1 Å². The van der Waals surface area contributed by atoms with E-state index in [1.165, 1.54) is 5.56 Å². The minimum Gasteiger partial charge on any atom is -0.394 e. The number of aromatic nitrogens is 2. The Hall–Kier alpha value is -2.92. The summed E-state index contributed by atoms with van der Waals surface area (Å²) in [5.41, 5.74) is 4.01. The summed E-state index contributed by atoms with van der Waals surface area (Å²) >= 11 is 0. The quantitative estimate of drug-likeness (QED) is 0.572. The van der Waals surface area contributed by atoms with Crippen molar-refractivity contribution in [3.8, 4) is 11.3 Å². The van der Waals surface area contributed by atoms with Gasteiger partial charge in [0.1, 0.15) is 5.82 Å². The fourth-order valence-electron chi connectivity index (χ4n) is 2.71. The second-order valence-corrected chi connectivity index (χ2v) is 7.00. The monoisotopic (exact) mass is 362 g/mol. The van der Waals surface area contributed by atoms with Crippen molar-refractivity contribution in [2.45, 2.75) is 26.8 Å². The van der Waals surface area contributed by atoms with Crippen LogP contribution in [0.25, 0.3) is 11.3 Å². The van der Waals surface area contributed by atoms with Crippen LogP contribution >= 0.6 is 0 Å². The number of anilines is 3. The maximum absolute atomic E-state index is 9.64. The number of aliphatic hydroxyl groups is 1. The van der Waals surface area contributed by atoms with Gasteiger partial charge in [-0.15, -0.1) is 0 Å². The zero-order chi connectivity index (χ0) is 19.2. The molecule has 3 aromatic rings. The number of nitrogens with zero attached hydrogens (tertiary/aromatic N) is 2. The number of aryl methyl sites for hydroxylation is 1. The summed E-state index contributed by atoms with van der Waals surface area (Å²) in [6, 6.07) is 20.0. The van der Waals surface area contributed by atoms with Crippen LogP contribution in [0, 0.1) is 12.8 Å². The summed E-state index contributed by atoms with van der Waals surface area (Å²) in [4.78, 5) is 9.26. The lowest BCUT2D eigenvalue weighted by Crippen LogP contribution is -2.30. The van der Waals surface area contributed by atoms with Crippen molar-refractivity contribution in [3.63, 3.8) is 0 Å². The van der Waals surface area contributed by atoms with Gasteiger partial charge in [-0.3, -0.25) is 0 Å². The molecule has 0 spiro atoms. The molecule has 1 aromatic heterocycles. The third kappa shape index (κ3) is 5.05. The van der Waals surface area contributed by atoms with E-state index in [0.717, 1.165) is 16.9 Å². The van der Waals surface area contributed by atoms with E-state index in [1.807, 2.05) is 48.5 Å². The van der Waals surface area contributed by atoms with Crippen LogP contribution in [0.5, 0.6) is 0 Å². The van der Waals surface area contributed by atoms with Crippen molar-refractivity contribution in [2.24, 2.45) is 5.92 Å². The minimum atomic E-state index is -0.108. The van der Waals surface area contributed by atoms with Crippen LogP contribution in [0.3, 0.4) is 0 Å². The van der Waals surface area contributed by atoms with E-state index < -0.39 is 0 Å². The zero-order valence-electron chi connectivity index (χ0n) is 16.0. The van der Waals surface area contributed by atoms with Gasteiger partial charge >= 0.3 is 0 Å². The fourth-order valence-corrected chi connectivity index (χ4v) is 2.71. The Labute approximate surface area is 160 Å². The molecule has 1 heterocycles. The van der Waals surface area contributed by atoms with Gasteiger partial charge in [-0.05, 0) is 25.0 Å². The summed E-state index contributed by atoms with van der Waals surface area (Å²) in [7, 11) is 0. The third-order valence-corrected chi connectivity index (χ3v) is 4.44. The number of nitrogens with one attached hydrogen (secondary N) is 2. The Morgan fingerprint density at radius 3 is 2.30 bits per heavy atom. The van der Waals surface area contributed by atoms with E-state index in [0.29, 0.717) is 11.8 Å². The van der Waals surface area contributed by atoms with Crippen LogP contribution in [0.2, 0.25) is 0 Å². The summed E-state index contributed by atoms with van der Waals surface area (Å²) in [5.74, 6) is 1.46. The second-order valence-electron chi connectivity index (χ2n) is 7.00. The Kier molecular flexibility index (Phi) is 6.04. The molecule has 0 unspecified atom stereocenters. The van der Waals surface area contributed by atoms with Crippen molar-refractivity contribution in [3.05, 3.63) is 66.2 Å². The van der Waals surface area contributed by atoms with Gasteiger partial charge in [0.2, 0.25) is 5.95 Å². The molecule has 0 bridgehead atoms. The molecule has 1 atom stereocenters. The molecule has 0 radical (unpaired) electrons. The summed E-state index contributed by atoms with van der Waals surface area (Å²) in [5, 5.41) is 16.3. The molecule has 0 fully saturated rings. The van der Waals surface area contributed by atoms with E-state index in [4.69, 9.17) is 0 Å². The first-order valence-electron chi connectivity index (χ1n) is 9.21. The largest absolute Gasteiger partial charge is 0.394 e. The second kappa shape index (κ2) is 8.64. The van der Waals surface area contributed by atoms with E-state index >= 15 is 0 Å². The molecule has 0 saturated heterocycles. The van der Waals surface area contributed by atoms with E-state index in [2.05, 4.69) is 53.5 Å². The lowest BCUT2D eigenvalue weighted by atomic mass is 10.1. The first-order valence-corrected chi connectivity index (χ1v) is 9.21. The van der Waals surface area contributed by atoms with E-state index in [1.54, 1.807) is 0 Å². The number of hydrogen-bond donors (Lipinski definition) is 3. The third-order valence-electron chi connectivity index (χ3n) is 4.44. The summed E-state index contributed by atoms with van der Waals surface area (Å²) < 4.78 is 0. The van der Waals surface area contributed by atoms with Crippen LogP contribution in [-0.4, -0.2) is 27.7 Å². The molecule has 27 heavy (non-hydrogen) atoms. The molecule has 0 aliphatic carbocycles. The first kappa shape index (κ1) is 18.9. The maximum Gasteiger partial charge on any atom is 0.225 e. The van der Waals surface area contributed by atoms with Gasteiger partial charge in [-0.2, -0.15) is 4.98 Å². The first-order chi connectivity index (χ1) is 13.0. The fraction of sp³-hybridized carbons (Fsp3) is 0.273. The van der Waals surface area contributed by atoms with Crippen LogP contribution < -0.4 is 10.6 Å². The van der Waals surface area contributed by atoms with Gasteiger partial charge in [0.15, 0.2) is 0 Å². The lowest BCUT2D eigenvalue weighted by Gasteiger charge is -2.20. The van der Waals surface area contributed by atoms with Gasteiger partial charge in [0, 0.05) is 17.3 Å². The highest BCUT2D eigenvalue weighted by Gasteiger charge is 2.15. The minimum absolute atomic E-state index is 0.0251. The molecule has 5 heteroatoms. The number of hydrogen-bond acceptors (Lipinski definition) is 5. The van der Waals surface area contributed by atoms with Crippen LogP contribution in [0.15, 0.2) is 60.7 Å². The lowest BCUT2D eigenvalue weighted by molar-refractivity contribution is 0.248. The number of rotatable bonds is 7. The Bertz CT molecular complexity index is 863. The number of aliphatic hydroxyl groups excluding tert-OH is 1. The van der Waals surface area contributed by atoms with Crippen molar-refractivity contribution in [1.82, 2.24) is 9.97 Å². The molecular weight excluding hydrogens is 336 g/mol. The molecule has 0 aliphatic heterocycles. The van der Waals surface area contributed by atoms with Crippen molar-refractivity contribution >= 4 is 17.5 Å². The van der Waals surface area contributed by atoms with E-state index in [9.17, 15) is 5.11 Å². The van der Waals surface area contributed by atoms with Gasteiger partial charge in [-0.25, -0.2) is 4.98 Å². The molecule has 0 amide bonds. The maximum atomic E-state index is 9.64. The molecule has 140 valence electrons. The Morgan fingerprint density at radius 1 is 0.963 bits per heavy atom. The van der Waals surface area contributed by atoms with Gasteiger partial charge in [0.05, 0.1) is 18.3 Å². The van der Waals surface area contributed by atoms with Gasteiger partial charge in [0.25, 0.3) is 0 Å². The average molecular weight is 362 g/mol. The van der Waals surface area contributed by atoms with Crippen LogP contribution in [0.4, 0.5) is 17.5 Å². The highest BCUT2D eigenvalue weighted by Crippen LogP contribution is 2.24. The molecule has 2 aromatic carbocycles. The van der Waals surface area contributed by atoms with Crippen LogP contribution in [0.1, 0.15) is 19.4 Å². The molecule has 3 rings (SSSR count). The average Bonchev–Trinajstić information content (AvgIpc) is 2.68. The van der Waals surface area contributed by atoms with Gasteiger partial charge in [-0.1, -0.05) is 61.9 Å². The standard InChI is InChI=1S/C22H26N4O/c1-15(2)20(14-27)25-22-24-19(17-7-5-4-6-8-17)13-21(26-22)23-18-11-9-16(3)10-12-18/h4-13,15,20,27H,14H2,1-3H3,(H2,23,24,25,26)/t20-/m1/s1. The molecule has 0 aliphatic rings. The van der Waals surface area contributed by atoms with Crippen molar-refractivity contribution < 1.29 is 5.11 Å². The molecule has 0 saturated carbocycles. The predicted octanol–water partition coefficient (Wildman–Crippen LogP) is 4.62. The zero-order valence-corrected chi connectivity index (χ0v) is 16.0. The Morgan fingerprint density at radius 2 is 1.67 bits per heavy atom. The van der Waals surface area contributed by atoms with Crippen molar-refractivity contribution in [2.75, 3.05) is 17.2 Å². The molecular formula is C22H26N4O. The highest BCUT2D eigenvalue weighted by atomic mass is 16.3. The normalized spacial score (nSPS) is 12.0. The molecule has 3 N–H and O–H groups in total. The highest BCUT2D eigenvalue weighted by molar-refractivity contribution is 5.67. The van der Waals surface area contributed by atoms with Crippen LogP contribution in [-0.2, 0) is 0 Å². The SMILES string of the molecule is Cc1ccc(Nc2cc(-c3ccccc3)nc(N[C@H](CO)C(C)C)n2)cc1. The van der Waals surface area contributed by atoms with Crippen molar-refractivity contribution in [1.29, 1.82) is 0 Å².